The molecule has 0 heterocycles. The standard InChI is InChI=1S/C11H20N2O/c1-4-5-6-7-13-11(14)10(12)8-9(2)3/h1,9-10H,5-8,12H2,2-3H3,(H,13,14)/t10-/m1/s1. The number of carbonyl (C=O) groups excluding carboxylic acids is 1. The summed E-state index contributed by atoms with van der Waals surface area (Å²) < 4.78 is 0. The highest BCUT2D eigenvalue weighted by molar-refractivity contribution is 5.81. The average molecular weight is 196 g/mol. The number of terminal acetylenes is 1. The van der Waals surface area contributed by atoms with Gasteiger partial charge in [0.1, 0.15) is 0 Å². The number of unbranched alkanes of at least 4 members (excludes halogenated alkanes) is 1. The maximum Gasteiger partial charge on any atom is 0.236 e. The molecule has 0 aromatic heterocycles. The molecule has 1 atom stereocenters. The molecule has 0 spiro atoms. The summed E-state index contributed by atoms with van der Waals surface area (Å²) >= 11 is 0. The quantitative estimate of drug-likeness (QED) is 0.489. The minimum Gasteiger partial charge on any atom is -0.355 e. The third kappa shape index (κ3) is 6.50. The molecule has 0 bridgehead atoms. The van der Waals surface area contributed by atoms with E-state index < -0.39 is 0 Å². The van der Waals surface area contributed by atoms with Gasteiger partial charge in [0.15, 0.2) is 0 Å². The lowest BCUT2D eigenvalue weighted by molar-refractivity contribution is -0.122. The lowest BCUT2D eigenvalue weighted by Gasteiger charge is -2.13. The highest BCUT2D eigenvalue weighted by Gasteiger charge is 2.13. The normalized spacial score (nSPS) is 12.2. The molecule has 0 fully saturated rings. The first-order valence-corrected chi connectivity index (χ1v) is 5.04. The summed E-state index contributed by atoms with van der Waals surface area (Å²) in [6.07, 6.45) is 7.32. The monoisotopic (exact) mass is 196 g/mol. The van der Waals surface area contributed by atoms with E-state index in [1.807, 2.05) is 13.8 Å². The Kier molecular flexibility index (Phi) is 6.87. The molecule has 0 saturated carbocycles. The van der Waals surface area contributed by atoms with Crippen molar-refractivity contribution in [3.05, 3.63) is 0 Å². The predicted octanol–water partition coefficient (Wildman–Crippen LogP) is 0.889. The first kappa shape index (κ1) is 13.0. The zero-order valence-electron chi connectivity index (χ0n) is 9.05. The van der Waals surface area contributed by atoms with Crippen LogP contribution in [0.5, 0.6) is 0 Å². The first-order valence-electron chi connectivity index (χ1n) is 5.04. The van der Waals surface area contributed by atoms with Crippen molar-refractivity contribution >= 4 is 5.91 Å². The topological polar surface area (TPSA) is 55.1 Å². The van der Waals surface area contributed by atoms with E-state index >= 15 is 0 Å². The molecule has 1 amide bonds. The Balaban J connectivity index is 3.58. The van der Waals surface area contributed by atoms with E-state index in [4.69, 9.17) is 12.2 Å². The van der Waals surface area contributed by atoms with Crippen LogP contribution in [0.2, 0.25) is 0 Å². The molecule has 0 aliphatic rings. The molecule has 0 unspecified atom stereocenters. The van der Waals surface area contributed by atoms with Crippen molar-refractivity contribution in [1.29, 1.82) is 0 Å². The van der Waals surface area contributed by atoms with E-state index in [1.165, 1.54) is 0 Å². The Labute approximate surface area is 86.4 Å². The number of carbonyl (C=O) groups is 1. The van der Waals surface area contributed by atoms with E-state index in [0.29, 0.717) is 18.9 Å². The SMILES string of the molecule is C#CCCCNC(=O)[C@H](N)CC(C)C. The van der Waals surface area contributed by atoms with E-state index in [2.05, 4.69) is 11.2 Å². The maximum atomic E-state index is 11.4. The third-order valence-electron chi connectivity index (χ3n) is 1.86. The number of rotatable bonds is 6. The van der Waals surface area contributed by atoms with Crippen LogP contribution in [-0.4, -0.2) is 18.5 Å². The molecule has 0 aliphatic heterocycles. The van der Waals surface area contributed by atoms with Crippen LogP contribution in [0.4, 0.5) is 0 Å². The Bertz CT molecular complexity index is 206. The molecule has 3 N–H and O–H groups in total. The van der Waals surface area contributed by atoms with Gasteiger partial charge in [-0.05, 0) is 18.8 Å². The Morgan fingerprint density at radius 1 is 1.57 bits per heavy atom. The summed E-state index contributed by atoms with van der Waals surface area (Å²) in [4.78, 5) is 11.4. The molecular weight excluding hydrogens is 176 g/mol. The van der Waals surface area contributed by atoms with Gasteiger partial charge >= 0.3 is 0 Å². The van der Waals surface area contributed by atoms with Crippen LogP contribution >= 0.6 is 0 Å². The van der Waals surface area contributed by atoms with Crippen LogP contribution in [0, 0.1) is 18.3 Å². The van der Waals surface area contributed by atoms with Crippen molar-refractivity contribution in [2.75, 3.05) is 6.54 Å². The molecule has 3 heteroatoms. The second-order valence-corrected chi connectivity index (χ2v) is 3.83. The molecule has 0 aromatic carbocycles. The van der Waals surface area contributed by atoms with E-state index in [0.717, 1.165) is 12.8 Å². The molecule has 0 aliphatic carbocycles. The van der Waals surface area contributed by atoms with Gasteiger partial charge in [0.25, 0.3) is 0 Å². The summed E-state index contributed by atoms with van der Waals surface area (Å²) in [7, 11) is 0. The number of nitrogens with one attached hydrogen (secondary N) is 1. The fourth-order valence-corrected chi connectivity index (χ4v) is 1.15. The van der Waals surface area contributed by atoms with Gasteiger partial charge in [-0.25, -0.2) is 0 Å². The van der Waals surface area contributed by atoms with Crippen molar-refractivity contribution in [1.82, 2.24) is 5.32 Å². The first-order chi connectivity index (χ1) is 6.57. The fraction of sp³-hybridized carbons (Fsp3) is 0.727. The Morgan fingerprint density at radius 3 is 2.71 bits per heavy atom. The van der Waals surface area contributed by atoms with Gasteiger partial charge in [0.05, 0.1) is 6.04 Å². The molecule has 14 heavy (non-hydrogen) atoms. The van der Waals surface area contributed by atoms with E-state index in [-0.39, 0.29) is 11.9 Å². The lowest BCUT2D eigenvalue weighted by Crippen LogP contribution is -2.41. The molecule has 0 saturated heterocycles. The third-order valence-corrected chi connectivity index (χ3v) is 1.86. The summed E-state index contributed by atoms with van der Waals surface area (Å²) in [6.45, 7) is 4.71. The zero-order valence-corrected chi connectivity index (χ0v) is 9.05. The van der Waals surface area contributed by atoms with Crippen molar-refractivity contribution in [3.63, 3.8) is 0 Å². The number of hydrogen-bond acceptors (Lipinski definition) is 2. The van der Waals surface area contributed by atoms with Crippen molar-refractivity contribution in [2.45, 2.75) is 39.2 Å². The average Bonchev–Trinajstić information content (AvgIpc) is 2.11. The van der Waals surface area contributed by atoms with E-state index in [9.17, 15) is 4.79 Å². The lowest BCUT2D eigenvalue weighted by atomic mass is 10.0. The highest BCUT2D eigenvalue weighted by Crippen LogP contribution is 2.02. The van der Waals surface area contributed by atoms with Gasteiger partial charge in [-0.3, -0.25) is 4.79 Å². The van der Waals surface area contributed by atoms with Crippen LogP contribution in [-0.2, 0) is 4.79 Å². The van der Waals surface area contributed by atoms with Crippen molar-refractivity contribution in [2.24, 2.45) is 11.7 Å². The summed E-state index contributed by atoms with van der Waals surface area (Å²) in [5.41, 5.74) is 5.68. The minimum atomic E-state index is -0.388. The van der Waals surface area contributed by atoms with Crippen molar-refractivity contribution < 1.29 is 4.79 Å². The van der Waals surface area contributed by atoms with Gasteiger partial charge in [-0.1, -0.05) is 13.8 Å². The maximum absolute atomic E-state index is 11.4. The summed E-state index contributed by atoms with van der Waals surface area (Å²) in [5.74, 6) is 2.89. The van der Waals surface area contributed by atoms with Crippen LogP contribution < -0.4 is 11.1 Å². The molecule has 3 nitrogen and oxygen atoms in total. The van der Waals surface area contributed by atoms with Crippen LogP contribution in [0.15, 0.2) is 0 Å². The molecule has 80 valence electrons. The smallest absolute Gasteiger partial charge is 0.236 e. The fourth-order valence-electron chi connectivity index (χ4n) is 1.15. The van der Waals surface area contributed by atoms with Gasteiger partial charge in [0, 0.05) is 13.0 Å². The van der Waals surface area contributed by atoms with Gasteiger partial charge < -0.3 is 11.1 Å². The largest absolute Gasteiger partial charge is 0.355 e. The van der Waals surface area contributed by atoms with Crippen molar-refractivity contribution in [3.8, 4) is 12.3 Å². The molecular formula is C11H20N2O. The number of hydrogen-bond donors (Lipinski definition) is 2. The summed E-state index contributed by atoms with van der Waals surface area (Å²) in [6, 6.07) is -0.388. The molecule has 0 radical (unpaired) electrons. The zero-order chi connectivity index (χ0) is 11.0. The van der Waals surface area contributed by atoms with Gasteiger partial charge in [0.2, 0.25) is 5.91 Å². The minimum absolute atomic E-state index is 0.0734. The second-order valence-electron chi connectivity index (χ2n) is 3.83. The van der Waals surface area contributed by atoms with Crippen LogP contribution in [0.25, 0.3) is 0 Å². The number of nitrogens with two attached hydrogens (primary N) is 1. The van der Waals surface area contributed by atoms with Crippen LogP contribution in [0.3, 0.4) is 0 Å². The van der Waals surface area contributed by atoms with Gasteiger partial charge in [-0.2, -0.15) is 0 Å². The highest BCUT2D eigenvalue weighted by atomic mass is 16.2. The number of amides is 1. The summed E-state index contributed by atoms with van der Waals surface area (Å²) in [5, 5.41) is 2.76. The molecule has 0 rings (SSSR count). The Hall–Kier alpha value is -1.01. The molecule has 0 aromatic rings. The van der Waals surface area contributed by atoms with Crippen LogP contribution in [0.1, 0.15) is 33.1 Å². The Morgan fingerprint density at radius 2 is 2.21 bits per heavy atom. The predicted molar refractivity (Wildman–Crippen MR) is 58.5 cm³/mol. The second kappa shape index (κ2) is 7.40. The van der Waals surface area contributed by atoms with Gasteiger partial charge in [-0.15, -0.1) is 12.3 Å². The van der Waals surface area contributed by atoms with E-state index in [1.54, 1.807) is 0 Å².